The van der Waals surface area contributed by atoms with Crippen molar-refractivity contribution in [2.75, 3.05) is 0 Å². The number of non-ortho nitro benzene ring substituents is 1. The molecule has 0 saturated heterocycles. The van der Waals surface area contributed by atoms with Crippen LogP contribution in [0.4, 0.5) is 5.69 Å². The number of Topliss-reactive ketones (excluding diaryl/α,β-unsaturated/α-hetero) is 1. The lowest BCUT2D eigenvalue weighted by Gasteiger charge is -1.98. The fraction of sp³-hybridized carbons (Fsp3) is 0.250. The average molecular weight is 232 g/mol. The van der Waals surface area contributed by atoms with Gasteiger partial charge in [0.25, 0.3) is 5.69 Å². The number of nitrogens with one attached hydrogen (secondary N) is 1. The van der Waals surface area contributed by atoms with E-state index in [2.05, 4.69) is 4.98 Å². The number of nitro groups is 1. The first-order valence-electron chi connectivity index (χ1n) is 5.42. The molecular weight excluding hydrogens is 220 g/mol. The van der Waals surface area contributed by atoms with Crippen molar-refractivity contribution in [1.82, 2.24) is 4.98 Å². The zero-order chi connectivity index (χ0) is 12.4. The van der Waals surface area contributed by atoms with Crippen molar-refractivity contribution in [1.29, 1.82) is 0 Å². The molecule has 5 heteroatoms. The second kappa shape index (κ2) is 4.37. The van der Waals surface area contributed by atoms with E-state index in [0.29, 0.717) is 22.9 Å². The lowest BCUT2D eigenvalue weighted by atomic mass is 10.0. The lowest BCUT2D eigenvalue weighted by molar-refractivity contribution is -0.383. The van der Waals surface area contributed by atoms with Gasteiger partial charge in [-0.1, -0.05) is 13.0 Å². The summed E-state index contributed by atoms with van der Waals surface area (Å²) < 4.78 is 0. The summed E-state index contributed by atoms with van der Waals surface area (Å²) >= 11 is 0. The Balaban J connectivity index is 2.65. The summed E-state index contributed by atoms with van der Waals surface area (Å²) in [6, 6.07) is 4.75. The fourth-order valence-electron chi connectivity index (χ4n) is 1.90. The standard InChI is InChI=1S/C12H12N2O3/c1-2-4-11(15)8-7-13-9-5-3-6-10(12(8)9)14(16)17/h3,5-7,13H,2,4H2,1H3. The highest BCUT2D eigenvalue weighted by Gasteiger charge is 2.19. The maximum atomic E-state index is 11.9. The number of fused-ring (bicyclic) bond motifs is 1. The third-order valence-electron chi connectivity index (χ3n) is 2.66. The number of benzene rings is 1. The maximum absolute atomic E-state index is 11.9. The summed E-state index contributed by atoms with van der Waals surface area (Å²) in [7, 11) is 0. The minimum Gasteiger partial charge on any atom is -0.360 e. The van der Waals surface area contributed by atoms with E-state index in [1.807, 2.05) is 6.92 Å². The molecule has 0 spiro atoms. The van der Waals surface area contributed by atoms with Gasteiger partial charge in [-0.05, 0) is 12.5 Å². The summed E-state index contributed by atoms with van der Waals surface area (Å²) in [4.78, 5) is 25.2. The van der Waals surface area contributed by atoms with Crippen molar-refractivity contribution < 1.29 is 9.72 Å². The predicted octanol–water partition coefficient (Wildman–Crippen LogP) is 3.06. The first-order chi connectivity index (χ1) is 8.15. The number of rotatable bonds is 4. The fourth-order valence-corrected chi connectivity index (χ4v) is 1.90. The van der Waals surface area contributed by atoms with Gasteiger partial charge >= 0.3 is 0 Å². The molecule has 2 rings (SSSR count). The smallest absolute Gasteiger partial charge is 0.279 e. The zero-order valence-electron chi connectivity index (χ0n) is 9.40. The summed E-state index contributed by atoms with van der Waals surface area (Å²) in [5.41, 5.74) is 1.01. The average Bonchev–Trinajstić information content (AvgIpc) is 2.72. The van der Waals surface area contributed by atoms with Gasteiger partial charge in [0.05, 0.1) is 15.8 Å². The van der Waals surface area contributed by atoms with E-state index in [0.717, 1.165) is 6.42 Å². The third kappa shape index (κ3) is 1.91. The van der Waals surface area contributed by atoms with Crippen LogP contribution in [0.1, 0.15) is 30.1 Å². The van der Waals surface area contributed by atoms with Crippen LogP contribution in [0.15, 0.2) is 24.4 Å². The lowest BCUT2D eigenvalue weighted by Crippen LogP contribution is -1.98. The predicted molar refractivity (Wildman–Crippen MR) is 64.2 cm³/mol. The summed E-state index contributed by atoms with van der Waals surface area (Å²) in [6.07, 6.45) is 2.68. The van der Waals surface area contributed by atoms with Gasteiger partial charge in [0.1, 0.15) is 0 Å². The van der Waals surface area contributed by atoms with E-state index in [1.54, 1.807) is 18.3 Å². The number of carbonyl (C=O) groups excluding carboxylic acids is 1. The molecular formula is C12H12N2O3. The summed E-state index contributed by atoms with van der Waals surface area (Å²) in [6.45, 7) is 1.90. The Morgan fingerprint density at radius 3 is 2.88 bits per heavy atom. The van der Waals surface area contributed by atoms with Gasteiger partial charge in [0.15, 0.2) is 5.78 Å². The molecule has 1 aromatic heterocycles. The minimum absolute atomic E-state index is 0.0248. The Hall–Kier alpha value is -2.17. The van der Waals surface area contributed by atoms with E-state index in [1.165, 1.54) is 6.07 Å². The molecule has 0 aliphatic carbocycles. The van der Waals surface area contributed by atoms with Gasteiger partial charge < -0.3 is 4.98 Å². The molecule has 0 bridgehead atoms. The number of hydrogen-bond acceptors (Lipinski definition) is 3. The number of hydrogen-bond donors (Lipinski definition) is 1. The Morgan fingerprint density at radius 2 is 2.24 bits per heavy atom. The monoisotopic (exact) mass is 232 g/mol. The van der Waals surface area contributed by atoms with E-state index in [9.17, 15) is 14.9 Å². The first-order valence-corrected chi connectivity index (χ1v) is 5.42. The van der Waals surface area contributed by atoms with Crippen LogP contribution in [0.2, 0.25) is 0 Å². The number of H-pyrrole nitrogens is 1. The first kappa shape index (κ1) is 11.3. The maximum Gasteiger partial charge on any atom is 0.279 e. The second-order valence-electron chi connectivity index (χ2n) is 3.83. The van der Waals surface area contributed by atoms with E-state index in [-0.39, 0.29) is 11.5 Å². The van der Waals surface area contributed by atoms with Crippen molar-refractivity contribution in [3.63, 3.8) is 0 Å². The van der Waals surface area contributed by atoms with Crippen LogP contribution >= 0.6 is 0 Å². The molecule has 1 N–H and O–H groups in total. The minimum atomic E-state index is -0.459. The van der Waals surface area contributed by atoms with E-state index < -0.39 is 4.92 Å². The number of ketones is 1. The number of nitrogens with zero attached hydrogens (tertiary/aromatic N) is 1. The van der Waals surface area contributed by atoms with Gasteiger partial charge in [0, 0.05) is 24.2 Å². The van der Waals surface area contributed by atoms with Crippen molar-refractivity contribution in [3.8, 4) is 0 Å². The zero-order valence-corrected chi connectivity index (χ0v) is 9.40. The van der Waals surface area contributed by atoms with Crippen LogP contribution in [-0.4, -0.2) is 15.7 Å². The van der Waals surface area contributed by atoms with Crippen LogP contribution in [0.25, 0.3) is 10.9 Å². The molecule has 2 aromatic rings. The van der Waals surface area contributed by atoms with Crippen LogP contribution in [0, 0.1) is 10.1 Å². The Morgan fingerprint density at radius 1 is 1.47 bits per heavy atom. The Kier molecular flexibility index (Phi) is 2.91. The number of aromatic amines is 1. The quantitative estimate of drug-likeness (QED) is 0.500. The normalized spacial score (nSPS) is 10.6. The van der Waals surface area contributed by atoms with Crippen LogP contribution in [0.5, 0.6) is 0 Å². The molecule has 0 aliphatic heterocycles. The van der Waals surface area contributed by atoms with E-state index in [4.69, 9.17) is 0 Å². The second-order valence-corrected chi connectivity index (χ2v) is 3.83. The summed E-state index contributed by atoms with van der Waals surface area (Å²) in [5, 5.41) is 11.3. The molecule has 0 unspecified atom stereocenters. The molecule has 0 fully saturated rings. The number of carbonyl (C=O) groups is 1. The van der Waals surface area contributed by atoms with Crippen LogP contribution < -0.4 is 0 Å². The van der Waals surface area contributed by atoms with Gasteiger partial charge in [-0.15, -0.1) is 0 Å². The van der Waals surface area contributed by atoms with Gasteiger partial charge in [0.2, 0.25) is 0 Å². The van der Waals surface area contributed by atoms with Gasteiger partial charge in [-0.3, -0.25) is 14.9 Å². The molecule has 1 aromatic carbocycles. The SMILES string of the molecule is CCCC(=O)c1c[nH]c2cccc([N+](=O)[O-])c12. The molecule has 0 saturated carbocycles. The Labute approximate surface area is 97.6 Å². The van der Waals surface area contributed by atoms with Crippen molar-refractivity contribution in [2.24, 2.45) is 0 Å². The molecule has 17 heavy (non-hydrogen) atoms. The summed E-state index contributed by atoms with van der Waals surface area (Å²) in [5.74, 6) is -0.0620. The third-order valence-corrected chi connectivity index (χ3v) is 2.66. The number of nitro benzene ring substituents is 1. The highest BCUT2D eigenvalue weighted by Crippen LogP contribution is 2.29. The van der Waals surface area contributed by atoms with E-state index >= 15 is 0 Å². The van der Waals surface area contributed by atoms with Crippen molar-refractivity contribution in [3.05, 3.63) is 40.1 Å². The Bertz CT molecular complexity index is 586. The van der Waals surface area contributed by atoms with Crippen LogP contribution in [-0.2, 0) is 0 Å². The number of aromatic nitrogens is 1. The van der Waals surface area contributed by atoms with Crippen molar-refractivity contribution in [2.45, 2.75) is 19.8 Å². The molecule has 1 heterocycles. The topological polar surface area (TPSA) is 76.0 Å². The largest absolute Gasteiger partial charge is 0.360 e. The van der Waals surface area contributed by atoms with Crippen LogP contribution in [0.3, 0.4) is 0 Å². The molecule has 0 aliphatic rings. The highest BCUT2D eigenvalue weighted by atomic mass is 16.6. The van der Waals surface area contributed by atoms with Crippen molar-refractivity contribution >= 4 is 22.4 Å². The molecule has 5 nitrogen and oxygen atoms in total. The molecule has 0 amide bonds. The molecule has 0 atom stereocenters. The molecule has 88 valence electrons. The highest BCUT2D eigenvalue weighted by molar-refractivity contribution is 6.10. The van der Waals surface area contributed by atoms with Gasteiger partial charge in [-0.25, -0.2) is 0 Å². The van der Waals surface area contributed by atoms with Gasteiger partial charge in [-0.2, -0.15) is 0 Å². The molecule has 0 radical (unpaired) electrons.